The van der Waals surface area contributed by atoms with Gasteiger partial charge in [0.05, 0.1) is 20.6 Å². The number of amides is 1. The number of anilines is 1. The number of hydrogen-bond donors (Lipinski definition) is 1. The van der Waals surface area contributed by atoms with Crippen molar-refractivity contribution in [3.63, 3.8) is 0 Å². The Morgan fingerprint density at radius 2 is 2.18 bits per heavy atom. The number of nitrogens with one attached hydrogen (secondary N) is 1. The molecule has 2 rings (SSSR count). The molecule has 88 valence electrons. The summed E-state index contributed by atoms with van der Waals surface area (Å²) >= 11 is 16.3. The summed E-state index contributed by atoms with van der Waals surface area (Å²) in [6, 6.07) is 4.71. The van der Waals surface area contributed by atoms with Crippen molar-refractivity contribution in [1.29, 1.82) is 0 Å². The van der Waals surface area contributed by atoms with Gasteiger partial charge in [-0.1, -0.05) is 34.5 Å². The van der Waals surface area contributed by atoms with Crippen molar-refractivity contribution < 1.29 is 4.79 Å². The van der Waals surface area contributed by atoms with Crippen LogP contribution in [-0.4, -0.2) is 10.9 Å². The van der Waals surface area contributed by atoms with Crippen LogP contribution in [0.25, 0.3) is 0 Å². The fourth-order valence-electron chi connectivity index (χ4n) is 1.15. The van der Waals surface area contributed by atoms with Crippen LogP contribution in [0.3, 0.4) is 0 Å². The van der Waals surface area contributed by atoms with Crippen molar-refractivity contribution in [1.82, 2.24) is 4.98 Å². The van der Waals surface area contributed by atoms with Gasteiger partial charge in [0.1, 0.15) is 0 Å². The van der Waals surface area contributed by atoms with Gasteiger partial charge in [0.25, 0.3) is 5.91 Å². The van der Waals surface area contributed by atoms with Crippen LogP contribution in [0.1, 0.15) is 10.4 Å². The van der Waals surface area contributed by atoms with Crippen molar-refractivity contribution >= 4 is 61.5 Å². The van der Waals surface area contributed by atoms with E-state index in [2.05, 4.69) is 26.2 Å². The molecule has 17 heavy (non-hydrogen) atoms. The van der Waals surface area contributed by atoms with Gasteiger partial charge in [0.15, 0.2) is 5.13 Å². The normalized spacial score (nSPS) is 10.3. The van der Waals surface area contributed by atoms with E-state index in [0.717, 1.165) is 3.79 Å². The van der Waals surface area contributed by atoms with Gasteiger partial charge in [-0.3, -0.25) is 10.1 Å². The second-order valence-corrected chi connectivity index (χ2v) is 6.30. The van der Waals surface area contributed by atoms with E-state index in [1.807, 2.05) is 0 Å². The van der Waals surface area contributed by atoms with E-state index >= 15 is 0 Å². The predicted molar refractivity (Wildman–Crippen MR) is 74.2 cm³/mol. The Morgan fingerprint density at radius 1 is 1.41 bits per heavy atom. The maximum Gasteiger partial charge on any atom is 0.258 e. The summed E-state index contributed by atoms with van der Waals surface area (Å²) < 4.78 is 0.843. The first-order valence-corrected chi connectivity index (χ1v) is 6.80. The SMILES string of the molecule is O=C(Nc1ncc(Br)s1)c1ccc(Cl)cc1Cl. The summed E-state index contributed by atoms with van der Waals surface area (Å²) in [6.07, 6.45) is 1.61. The van der Waals surface area contributed by atoms with Gasteiger partial charge in [-0.15, -0.1) is 0 Å². The van der Waals surface area contributed by atoms with Crippen LogP contribution in [0.5, 0.6) is 0 Å². The largest absolute Gasteiger partial charge is 0.298 e. The minimum absolute atomic E-state index is 0.311. The first kappa shape index (κ1) is 12.8. The van der Waals surface area contributed by atoms with Crippen molar-refractivity contribution in [2.45, 2.75) is 0 Å². The van der Waals surface area contributed by atoms with Gasteiger partial charge in [-0.05, 0) is 34.1 Å². The molecule has 0 saturated heterocycles. The zero-order valence-electron chi connectivity index (χ0n) is 8.21. The van der Waals surface area contributed by atoms with Crippen molar-refractivity contribution in [2.75, 3.05) is 5.32 Å². The highest BCUT2D eigenvalue weighted by Crippen LogP contribution is 2.25. The van der Waals surface area contributed by atoms with Crippen LogP contribution in [0.15, 0.2) is 28.2 Å². The lowest BCUT2D eigenvalue weighted by Gasteiger charge is -2.04. The Kier molecular flexibility index (Phi) is 4.04. The molecule has 1 heterocycles. The first-order valence-electron chi connectivity index (χ1n) is 4.44. The van der Waals surface area contributed by atoms with E-state index in [9.17, 15) is 4.79 Å². The molecule has 1 aromatic carbocycles. The lowest BCUT2D eigenvalue weighted by Crippen LogP contribution is -2.12. The van der Waals surface area contributed by atoms with E-state index in [1.165, 1.54) is 17.4 Å². The van der Waals surface area contributed by atoms with E-state index in [0.29, 0.717) is 20.7 Å². The maximum absolute atomic E-state index is 11.9. The number of carbonyl (C=O) groups is 1. The highest BCUT2D eigenvalue weighted by molar-refractivity contribution is 9.11. The molecule has 2 aromatic rings. The van der Waals surface area contributed by atoms with Crippen LogP contribution in [0.4, 0.5) is 5.13 Å². The first-order chi connectivity index (χ1) is 8.06. The Balaban J connectivity index is 2.20. The van der Waals surface area contributed by atoms with Crippen molar-refractivity contribution in [3.05, 3.63) is 43.8 Å². The molecule has 0 spiro atoms. The fraction of sp³-hybridized carbons (Fsp3) is 0. The molecule has 1 aromatic heterocycles. The zero-order chi connectivity index (χ0) is 12.4. The zero-order valence-corrected chi connectivity index (χ0v) is 12.1. The number of aromatic nitrogens is 1. The number of benzene rings is 1. The highest BCUT2D eigenvalue weighted by atomic mass is 79.9. The van der Waals surface area contributed by atoms with Gasteiger partial charge >= 0.3 is 0 Å². The third-order valence-corrected chi connectivity index (χ3v) is 3.81. The van der Waals surface area contributed by atoms with Gasteiger partial charge in [0.2, 0.25) is 0 Å². The van der Waals surface area contributed by atoms with Gasteiger partial charge < -0.3 is 0 Å². The Morgan fingerprint density at radius 3 is 2.76 bits per heavy atom. The predicted octanol–water partition coefficient (Wildman–Crippen LogP) is 4.46. The quantitative estimate of drug-likeness (QED) is 0.867. The van der Waals surface area contributed by atoms with Crippen LogP contribution < -0.4 is 5.32 Å². The van der Waals surface area contributed by atoms with Crippen LogP contribution >= 0.6 is 50.5 Å². The van der Waals surface area contributed by atoms with Crippen LogP contribution in [0, 0.1) is 0 Å². The minimum Gasteiger partial charge on any atom is -0.298 e. The number of carbonyl (C=O) groups excluding carboxylic acids is 1. The standard InChI is InChI=1S/C10H5BrCl2N2OS/c11-8-4-14-10(17-8)15-9(16)6-2-1-5(12)3-7(6)13/h1-4H,(H,14,15,16). The molecule has 0 radical (unpaired) electrons. The molecule has 0 aliphatic carbocycles. The molecule has 1 amide bonds. The lowest BCUT2D eigenvalue weighted by atomic mass is 10.2. The van der Waals surface area contributed by atoms with E-state index in [4.69, 9.17) is 23.2 Å². The van der Waals surface area contributed by atoms with E-state index in [1.54, 1.807) is 18.3 Å². The molecule has 0 bridgehead atoms. The smallest absolute Gasteiger partial charge is 0.258 e. The average molecular weight is 352 g/mol. The average Bonchev–Trinajstić information content (AvgIpc) is 2.63. The summed E-state index contributed by atoms with van der Waals surface area (Å²) in [5.41, 5.74) is 0.363. The molecular formula is C10H5BrCl2N2OS. The summed E-state index contributed by atoms with van der Waals surface area (Å²) in [7, 11) is 0. The summed E-state index contributed by atoms with van der Waals surface area (Å²) in [5.74, 6) is -0.312. The molecule has 0 fully saturated rings. The third kappa shape index (κ3) is 3.19. The number of nitrogens with zero attached hydrogens (tertiary/aromatic N) is 1. The van der Waals surface area contributed by atoms with Gasteiger partial charge in [0, 0.05) is 5.02 Å². The molecule has 0 unspecified atom stereocenters. The molecule has 3 nitrogen and oxygen atoms in total. The topological polar surface area (TPSA) is 42.0 Å². The molecular weight excluding hydrogens is 347 g/mol. The number of rotatable bonds is 2. The lowest BCUT2D eigenvalue weighted by molar-refractivity contribution is 0.102. The van der Waals surface area contributed by atoms with E-state index < -0.39 is 0 Å². The number of hydrogen-bond acceptors (Lipinski definition) is 3. The van der Waals surface area contributed by atoms with Crippen LogP contribution in [0.2, 0.25) is 10.0 Å². The Labute approximate surface area is 120 Å². The van der Waals surface area contributed by atoms with Crippen molar-refractivity contribution in [2.24, 2.45) is 0 Å². The summed E-state index contributed by atoms with van der Waals surface area (Å²) in [5, 5.41) is 3.96. The molecule has 1 N–H and O–H groups in total. The van der Waals surface area contributed by atoms with E-state index in [-0.39, 0.29) is 5.91 Å². The van der Waals surface area contributed by atoms with Crippen LogP contribution in [-0.2, 0) is 0 Å². The van der Waals surface area contributed by atoms with Gasteiger partial charge in [-0.25, -0.2) is 4.98 Å². The monoisotopic (exact) mass is 350 g/mol. The third-order valence-electron chi connectivity index (χ3n) is 1.87. The fourth-order valence-corrected chi connectivity index (χ4v) is 2.75. The van der Waals surface area contributed by atoms with Gasteiger partial charge in [-0.2, -0.15) is 0 Å². The Hall–Kier alpha value is -0.620. The second kappa shape index (κ2) is 5.35. The summed E-state index contributed by atoms with van der Waals surface area (Å²) in [4.78, 5) is 15.9. The minimum atomic E-state index is -0.312. The summed E-state index contributed by atoms with van der Waals surface area (Å²) in [6.45, 7) is 0. The molecule has 0 aliphatic heterocycles. The second-order valence-electron chi connectivity index (χ2n) is 3.05. The maximum atomic E-state index is 11.9. The highest BCUT2D eigenvalue weighted by Gasteiger charge is 2.12. The molecule has 0 aliphatic rings. The number of halogens is 3. The van der Waals surface area contributed by atoms with Crippen molar-refractivity contribution in [3.8, 4) is 0 Å². The molecule has 0 atom stereocenters. The number of thiazole rings is 1. The Bertz CT molecular complexity index is 573. The molecule has 0 saturated carbocycles. The molecule has 7 heteroatoms.